The van der Waals surface area contributed by atoms with Crippen LogP contribution in [-0.4, -0.2) is 15.3 Å². The van der Waals surface area contributed by atoms with Crippen molar-refractivity contribution in [3.8, 4) is 5.69 Å². The Balaban J connectivity index is 0.00000128. The average molecular weight is 219 g/mol. The standard InChI is InChI=1S/C12H15N3.H2O/c1-8-4-6-11(7-5-8)15-10(3)12(13)9(2)14-15;/h4-7H,13H2,1-3H3;1H2. The van der Waals surface area contributed by atoms with E-state index in [4.69, 9.17) is 5.73 Å². The van der Waals surface area contributed by atoms with Crippen molar-refractivity contribution in [3.05, 3.63) is 41.2 Å². The lowest BCUT2D eigenvalue weighted by Crippen LogP contribution is -1.99. The lowest BCUT2D eigenvalue weighted by molar-refractivity contribution is 0.824. The van der Waals surface area contributed by atoms with E-state index in [0.717, 1.165) is 22.8 Å². The van der Waals surface area contributed by atoms with Crippen LogP contribution in [-0.2, 0) is 0 Å². The molecule has 1 aromatic carbocycles. The molecule has 0 bridgehead atoms. The third kappa shape index (κ3) is 1.92. The first kappa shape index (κ1) is 12.3. The Morgan fingerprint density at radius 1 is 1.06 bits per heavy atom. The summed E-state index contributed by atoms with van der Waals surface area (Å²) in [7, 11) is 0. The molecular formula is C12H17N3O. The van der Waals surface area contributed by atoms with Gasteiger partial charge < -0.3 is 11.2 Å². The van der Waals surface area contributed by atoms with Crippen molar-refractivity contribution in [1.82, 2.24) is 9.78 Å². The summed E-state index contributed by atoms with van der Waals surface area (Å²) < 4.78 is 1.88. The lowest BCUT2D eigenvalue weighted by atomic mass is 10.2. The highest BCUT2D eigenvalue weighted by atomic mass is 16.0. The monoisotopic (exact) mass is 219 g/mol. The molecule has 0 fully saturated rings. The van der Waals surface area contributed by atoms with Crippen LogP contribution in [0.4, 0.5) is 5.69 Å². The Morgan fingerprint density at radius 2 is 1.62 bits per heavy atom. The van der Waals surface area contributed by atoms with Crippen LogP contribution in [0.2, 0.25) is 0 Å². The van der Waals surface area contributed by atoms with Gasteiger partial charge in [0.15, 0.2) is 0 Å². The first-order valence-corrected chi connectivity index (χ1v) is 4.98. The quantitative estimate of drug-likeness (QED) is 0.790. The van der Waals surface area contributed by atoms with Crippen LogP contribution < -0.4 is 5.73 Å². The Morgan fingerprint density at radius 3 is 2.06 bits per heavy atom. The van der Waals surface area contributed by atoms with Gasteiger partial charge in [-0.05, 0) is 32.9 Å². The van der Waals surface area contributed by atoms with Crippen molar-refractivity contribution in [2.45, 2.75) is 20.8 Å². The van der Waals surface area contributed by atoms with Crippen LogP contribution in [0.15, 0.2) is 24.3 Å². The van der Waals surface area contributed by atoms with Crippen molar-refractivity contribution < 1.29 is 5.48 Å². The molecule has 0 radical (unpaired) electrons. The third-order valence-corrected chi connectivity index (χ3v) is 2.63. The molecule has 2 rings (SSSR count). The van der Waals surface area contributed by atoms with Crippen molar-refractivity contribution in [2.75, 3.05) is 5.73 Å². The van der Waals surface area contributed by atoms with Crippen molar-refractivity contribution >= 4 is 5.69 Å². The molecule has 16 heavy (non-hydrogen) atoms. The van der Waals surface area contributed by atoms with Gasteiger partial charge in [-0.2, -0.15) is 5.10 Å². The minimum atomic E-state index is 0. The fourth-order valence-corrected chi connectivity index (χ4v) is 1.59. The molecule has 0 saturated heterocycles. The maximum absolute atomic E-state index is 5.89. The van der Waals surface area contributed by atoms with Crippen molar-refractivity contribution in [3.63, 3.8) is 0 Å². The molecule has 0 saturated carbocycles. The summed E-state index contributed by atoms with van der Waals surface area (Å²) in [5.41, 5.74) is 10.8. The van der Waals surface area contributed by atoms with Gasteiger partial charge in [-0.25, -0.2) is 4.68 Å². The van der Waals surface area contributed by atoms with Gasteiger partial charge >= 0.3 is 0 Å². The summed E-state index contributed by atoms with van der Waals surface area (Å²) in [5, 5.41) is 4.40. The molecule has 86 valence electrons. The molecule has 0 amide bonds. The first-order chi connectivity index (χ1) is 7.09. The van der Waals surface area contributed by atoms with Crippen LogP contribution in [0.5, 0.6) is 0 Å². The maximum Gasteiger partial charge on any atom is 0.0830 e. The van der Waals surface area contributed by atoms with Gasteiger partial charge in [-0.1, -0.05) is 17.7 Å². The van der Waals surface area contributed by atoms with Crippen LogP contribution in [0.25, 0.3) is 5.69 Å². The smallest absolute Gasteiger partial charge is 0.0830 e. The second kappa shape index (κ2) is 4.37. The number of nitrogens with two attached hydrogens (primary N) is 1. The topological polar surface area (TPSA) is 75.3 Å². The number of aryl methyl sites for hydroxylation is 2. The number of aromatic nitrogens is 2. The Bertz CT molecular complexity index is 486. The van der Waals surface area contributed by atoms with Crippen molar-refractivity contribution in [1.29, 1.82) is 0 Å². The fourth-order valence-electron chi connectivity index (χ4n) is 1.59. The van der Waals surface area contributed by atoms with E-state index in [0.29, 0.717) is 0 Å². The molecule has 0 aliphatic carbocycles. The van der Waals surface area contributed by atoms with E-state index in [-0.39, 0.29) is 5.48 Å². The van der Waals surface area contributed by atoms with Crippen molar-refractivity contribution in [2.24, 2.45) is 0 Å². The highest BCUT2D eigenvalue weighted by Crippen LogP contribution is 2.19. The van der Waals surface area contributed by atoms with E-state index in [1.165, 1.54) is 5.56 Å². The summed E-state index contributed by atoms with van der Waals surface area (Å²) in [6.45, 7) is 5.97. The Hall–Kier alpha value is -1.81. The lowest BCUT2D eigenvalue weighted by Gasteiger charge is -2.04. The van der Waals surface area contributed by atoms with Gasteiger partial charge in [-0.15, -0.1) is 0 Å². The van der Waals surface area contributed by atoms with Gasteiger partial charge in [0.05, 0.1) is 22.8 Å². The molecule has 1 aromatic heterocycles. The minimum absolute atomic E-state index is 0. The molecule has 0 atom stereocenters. The molecule has 4 nitrogen and oxygen atoms in total. The molecule has 0 unspecified atom stereocenters. The molecular weight excluding hydrogens is 202 g/mol. The van der Waals surface area contributed by atoms with Crippen LogP contribution in [0.1, 0.15) is 17.0 Å². The summed E-state index contributed by atoms with van der Waals surface area (Å²) in [4.78, 5) is 0. The number of hydrogen-bond acceptors (Lipinski definition) is 2. The van der Waals surface area contributed by atoms with E-state index in [1.54, 1.807) is 0 Å². The van der Waals surface area contributed by atoms with Crippen LogP contribution >= 0.6 is 0 Å². The normalized spacial score (nSPS) is 9.94. The zero-order chi connectivity index (χ0) is 11.0. The summed E-state index contributed by atoms with van der Waals surface area (Å²) in [6.07, 6.45) is 0. The van der Waals surface area contributed by atoms with Gasteiger partial charge in [-0.3, -0.25) is 0 Å². The van der Waals surface area contributed by atoms with Crippen LogP contribution in [0, 0.1) is 20.8 Å². The third-order valence-electron chi connectivity index (χ3n) is 2.63. The number of benzene rings is 1. The van der Waals surface area contributed by atoms with Gasteiger partial charge in [0.2, 0.25) is 0 Å². The second-order valence-corrected chi connectivity index (χ2v) is 3.83. The predicted molar refractivity (Wildman–Crippen MR) is 65.8 cm³/mol. The van der Waals surface area contributed by atoms with E-state index >= 15 is 0 Å². The molecule has 0 aliphatic heterocycles. The minimum Gasteiger partial charge on any atom is -0.412 e. The van der Waals surface area contributed by atoms with E-state index in [1.807, 2.05) is 30.7 Å². The first-order valence-electron chi connectivity index (χ1n) is 4.98. The van der Waals surface area contributed by atoms with E-state index in [9.17, 15) is 0 Å². The summed E-state index contributed by atoms with van der Waals surface area (Å²) in [6, 6.07) is 8.24. The molecule has 0 spiro atoms. The zero-order valence-corrected chi connectivity index (χ0v) is 9.78. The number of hydrogen-bond donors (Lipinski definition) is 1. The van der Waals surface area contributed by atoms with Gasteiger partial charge in [0, 0.05) is 0 Å². The Kier molecular flexibility index (Phi) is 3.34. The average Bonchev–Trinajstić information content (AvgIpc) is 2.47. The fraction of sp³-hybridized carbons (Fsp3) is 0.250. The molecule has 2 aromatic rings. The molecule has 1 heterocycles. The number of anilines is 1. The largest absolute Gasteiger partial charge is 0.412 e. The van der Waals surface area contributed by atoms with Gasteiger partial charge in [0.1, 0.15) is 0 Å². The molecule has 4 N–H and O–H groups in total. The van der Waals surface area contributed by atoms with Crippen LogP contribution in [0.3, 0.4) is 0 Å². The highest BCUT2D eigenvalue weighted by molar-refractivity contribution is 5.50. The van der Waals surface area contributed by atoms with Gasteiger partial charge in [0.25, 0.3) is 0 Å². The number of nitrogen functional groups attached to an aromatic ring is 1. The number of nitrogens with zero attached hydrogens (tertiary/aromatic N) is 2. The van der Waals surface area contributed by atoms with E-state index in [2.05, 4.69) is 24.2 Å². The zero-order valence-electron chi connectivity index (χ0n) is 9.78. The SMILES string of the molecule is Cc1ccc(-n2nc(C)c(N)c2C)cc1.O. The maximum atomic E-state index is 5.89. The predicted octanol–water partition coefficient (Wildman–Crippen LogP) is 1.56. The molecule has 4 heteroatoms. The second-order valence-electron chi connectivity index (χ2n) is 3.83. The summed E-state index contributed by atoms with van der Waals surface area (Å²) >= 11 is 0. The highest BCUT2D eigenvalue weighted by Gasteiger charge is 2.08. The summed E-state index contributed by atoms with van der Waals surface area (Å²) in [5.74, 6) is 0. The molecule has 0 aliphatic rings. The van der Waals surface area contributed by atoms with E-state index < -0.39 is 0 Å². The number of rotatable bonds is 1. The Labute approximate surface area is 95.0 Å².